The Labute approximate surface area is 211 Å². The Morgan fingerprint density at radius 2 is 1.89 bits per heavy atom. The maximum Gasteiger partial charge on any atom is 0.321 e. The summed E-state index contributed by atoms with van der Waals surface area (Å²) in [5.41, 5.74) is 4.33. The van der Waals surface area contributed by atoms with Crippen LogP contribution in [0.15, 0.2) is 53.3 Å². The molecule has 0 aliphatic carbocycles. The van der Waals surface area contributed by atoms with Gasteiger partial charge in [-0.2, -0.15) is 9.61 Å². The van der Waals surface area contributed by atoms with Crippen molar-refractivity contribution < 1.29 is 4.79 Å². The molecule has 180 valence electrons. The number of nitrogens with zero attached hydrogens (tertiary/aromatic N) is 5. The number of aromatic nitrogens is 3. The summed E-state index contributed by atoms with van der Waals surface area (Å²) in [4.78, 5) is 34.7. The molecule has 2 aromatic carbocycles. The molecule has 0 spiro atoms. The third-order valence-corrected chi connectivity index (χ3v) is 7.24. The number of fused-ring (bicyclic) bond motifs is 1. The lowest BCUT2D eigenvalue weighted by Gasteiger charge is -2.34. The molecule has 1 N–H and O–H groups in total. The molecule has 1 aliphatic heterocycles. The number of piperazine rings is 1. The maximum absolute atomic E-state index is 12.8. The highest BCUT2D eigenvalue weighted by Crippen LogP contribution is 2.26. The van der Waals surface area contributed by atoms with Crippen molar-refractivity contribution in [1.29, 1.82) is 0 Å². The number of hydrogen-bond donors (Lipinski definition) is 1. The largest absolute Gasteiger partial charge is 0.322 e. The molecule has 1 aliphatic rings. The van der Waals surface area contributed by atoms with Crippen LogP contribution in [0.5, 0.6) is 0 Å². The summed E-state index contributed by atoms with van der Waals surface area (Å²) in [5.74, 6) is 0. The maximum atomic E-state index is 12.8. The van der Waals surface area contributed by atoms with Crippen molar-refractivity contribution in [2.45, 2.75) is 20.4 Å². The highest BCUT2D eigenvalue weighted by Gasteiger charge is 2.22. The average Bonchev–Trinajstić information content (AvgIpc) is 3.27. The van der Waals surface area contributed by atoms with E-state index in [1.807, 2.05) is 55.1 Å². The molecular weight excluding hydrogens is 484 g/mol. The third-order valence-electron chi connectivity index (χ3n) is 6.05. The minimum atomic E-state index is -0.207. The Bertz CT molecular complexity index is 1460. The molecule has 8 nitrogen and oxygen atoms in total. The molecule has 0 bridgehead atoms. The topological polar surface area (TPSA) is 82.8 Å². The van der Waals surface area contributed by atoms with Gasteiger partial charge < -0.3 is 10.2 Å². The van der Waals surface area contributed by atoms with Crippen molar-refractivity contribution in [3.05, 3.63) is 80.7 Å². The second-order valence-electron chi connectivity index (χ2n) is 8.71. The molecule has 0 saturated carbocycles. The number of amides is 2. The normalized spacial score (nSPS) is 14.4. The Balaban J connectivity index is 1.24. The first-order valence-corrected chi connectivity index (χ1v) is 12.6. The van der Waals surface area contributed by atoms with Crippen molar-refractivity contribution in [3.63, 3.8) is 0 Å². The van der Waals surface area contributed by atoms with Crippen LogP contribution in [-0.4, -0.2) is 56.6 Å². The first-order chi connectivity index (χ1) is 16.9. The molecule has 5 rings (SSSR count). The van der Waals surface area contributed by atoms with Gasteiger partial charge in [0.25, 0.3) is 5.56 Å². The number of nitrogens with one attached hydrogen (secondary N) is 1. The summed E-state index contributed by atoms with van der Waals surface area (Å²) >= 11 is 7.46. The van der Waals surface area contributed by atoms with Gasteiger partial charge in [0.2, 0.25) is 4.96 Å². The molecule has 3 heterocycles. The minimum absolute atomic E-state index is 0.0886. The smallest absolute Gasteiger partial charge is 0.321 e. The van der Waals surface area contributed by atoms with Crippen LogP contribution in [0.1, 0.15) is 16.8 Å². The van der Waals surface area contributed by atoms with E-state index < -0.39 is 0 Å². The van der Waals surface area contributed by atoms with Gasteiger partial charge in [-0.3, -0.25) is 9.69 Å². The Kier molecular flexibility index (Phi) is 6.55. The highest BCUT2D eigenvalue weighted by molar-refractivity contribution is 7.19. The fourth-order valence-corrected chi connectivity index (χ4v) is 5.19. The number of rotatable bonds is 4. The van der Waals surface area contributed by atoms with E-state index in [2.05, 4.69) is 20.3 Å². The molecule has 0 radical (unpaired) electrons. The number of benzene rings is 2. The second-order valence-corrected chi connectivity index (χ2v) is 10.1. The molecule has 0 atom stereocenters. The van der Waals surface area contributed by atoms with E-state index in [0.29, 0.717) is 53.4 Å². The fraction of sp³-hybridized carbons (Fsp3) is 0.280. The summed E-state index contributed by atoms with van der Waals surface area (Å²) in [5, 5.41) is 8.76. The van der Waals surface area contributed by atoms with Gasteiger partial charge in [-0.1, -0.05) is 47.2 Å². The number of halogens is 1. The standard InChI is InChI=1S/C25H25ClN6O2S/c1-16-6-7-17(2)21(12-16)28-24(34)31-10-8-30(9-11-31)15-20-14-22(33)32-25(27-20)35-23(29-32)18-4-3-5-19(26)13-18/h3-7,12-14H,8-11,15H2,1-2H3,(H,28,34). The van der Waals surface area contributed by atoms with Crippen LogP contribution >= 0.6 is 22.9 Å². The number of hydrogen-bond acceptors (Lipinski definition) is 6. The van der Waals surface area contributed by atoms with Gasteiger partial charge in [-0.25, -0.2) is 9.78 Å². The van der Waals surface area contributed by atoms with Crippen molar-refractivity contribution in [3.8, 4) is 10.6 Å². The second kappa shape index (κ2) is 9.77. The van der Waals surface area contributed by atoms with Crippen LogP contribution in [0, 0.1) is 13.8 Å². The van der Waals surface area contributed by atoms with E-state index in [1.165, 1.54) is 21.9 Å². The monoisotopic (exact) mass is 508 g/mol. The lowest BCUT2D eigenvalue weighted by atomic mass is 10.1. The van der Waals surface area contributed by atoms with Crippen molar-refractivity contribution in [2.75, 3.05) is 31.5 Å². The average molecular weight is 509 g/mol. The van der Waals surface area contributed by atoms with Gasteiger partial charge >= 0.3 is 6.03 Å². The van der Waals surface area contributed by atoms with E-state index in [-0.39, 0.29) is 11.6 Å². The summed E-state index contributed by atoms with van der Waals surface area (Å²) in [7, 11) is 0. The van der Waals surface area contributed by atoms with Crippen molar-refractivity contribution >= 4 is 39.6 Å². The molecule has 10 heteroatoms. The van der Waals surface area contributed by atoms with Gasteiger partial charge in [-0.05, 0) is 43.2 Å². The van der Waals surface area contributed by atoms with Gasteiger partial charge in [0, 0.05) is 55.1 Å². The van der Waals surface area contributed by atoms with Crippen LogP contribution in [0.2, 0.25) is 5.02 Å². The fourth-order valence-electron chi connectivity index (χ4n) is 4.08. The number of carbonyl (C=O) groups is 1. The van der Waals surface area contributed by atoms with E-state index in [0.717, 1.165) is 22.4 Å². The van der Waals surface area contributed by atoms with E-state index in [9.17, 15) is 9.59 Å². The first kappa shape index (κ1) is 23.5. The minimum Gasteiger partial charge on any atom is -0.322 e. The summed E-state index contributed by atoms with van der Waals surface area (Å²) < 4.78 is 1.33. The Morgan fingerprint density at radius 1 is 1.09 bits per heavy atom. The zero-order chi connectivity index (χ0) is 24.5. The molecule has 1 saturated heterocycles. The van der Waals surface area contributed by atoms with Crippen molar-refractivity contribution in [2.24, 2.45) is 0 Å². The number of aryl methyl sites for hydroxylation is 2. The molecule has 2 aromatic heterocycles. The Hall–Kier alpha value is -3.27. The van der Waals surface area contributed by atoms with Crippen LogP contribution < -0.4 is 10.9 Å². The first-order valence-electron chi connectivity index (χ1n) is 11.4. The van der Waals surface area contributed by atoms with Gasteiger partial charge in [0.15, 0.2) is 0 Å². The predicted molar refractivity (Wildman–Crippen MR) is 139 cm³/mol. The molecule has 1 fully saturated rings. The molecule has 0 unspecified atom stereocenters. The lowest BCUT2D eigenvalue weighted by molar-refractivity contribution is 0.142. The molecule has 2 amide bonds. The van der Waals surface area contributed by atoms with Crippen LogP contribution in [0.25, 0.3) is 15.5 Å². The number of anilines is 1. The zero-order valence-corrected chi connectivity index (χ0v) is 21.1. The van der Waals surface area contributed by atoms with Crippen LogP contribution in [-0.2, 0) is 6.54 Å². The van der Waals surface area contributed by atoms with Crippen molar-refractivity contribution in [1.82, 2.24) is 24.4 Å². The predicted octanol–water partition coefficient (Wildman–Crippen LogP) is 4.44. The van der Waals surface area contributed by atoms with Crippen LogP contribution in [0.4, 0.5) is 10.5 Å². The van der Waals surface area contributed by atoms with E-state index in [1.54, 1.807) is 6.07 Å². The van der Waals surface area contributed by atoms with E-state index in [4.69, 9.17) is 11.6 Å². The van der Waals surface area contributed by atoms with Gasteiger partial charge in [0.05, 0.1) is 5.69 Å². The molecule has 4 aromatic rings. The summed E-state index contributed by atoms with van der Waals surface area (Å²) in [6, 6.07) is 14.9. The van der Waals surface area contributed by atoms with E-state index >= 15 is 0 Å². The number of carbonyl (C=O) groups excluding carboxylic acids is 1. The highest BCUT2D eigenvalue weighted by atomic mass is 35.5. The van der Waals surface area contributed by atoms with Crippen LogP contribution in [0.3, 0.4) is 0 Å². The zero-order valence-electron chi connectivity index (χ0n) is 19.5. The third kappa shape index (κ3) is 5.22. The lowest BCUT2D eigenvalue weighted by Crippen LogP contribution is -2.49. The van der Waals surface area contributed by atoms with Gasteiger partial charge in [0.1, 0.15) is 5.01 Å². The summed E-state index contributed by atoms with van der Waals surface area (Å²) in [6.45, 7) is 7.17. The summed E-state index contributed by atoms with van der Waals surface area (Å²) in [6.07, 6.45) is 0. The molecule has 35 heavy (non-hydrogen) atoms. The number of urea groups is 1. The van der Waals surface area contributed by atoms with Gasteiger partial charge in [-0.15, -0.1) is 0 Å². The quantitative estimate of drug-likeness (QED) is 0.440. The molecular formula is C25H25ClN6O2S. The Morgan fingerprint density at radius 3 is 2.66 bits per heavy atom. The SMILES string of the molecule is Cc1ccc(C)c(NC(=O)N2CCN(Cc3cc(=O)n4nc(-c5cccc(Cl)c5)sc4n3)CC2)c1.